The Labute approximate surface area is 322 Å². The normalized spacial score (nSPS) is 19.7. The Bertz CT molecular complexity index is 1590. The van der Waals surface area contributed by atoms with E-state index in [-0.39, 0.29) is 57.3 Å². The van der Waals surface area contributed by atoms with Crippen LogP contribution in [0.15, 0.2) is 24.3 Å². The monoisotopic (exact) mass is 771 g/mol. The summed E-state index contributed by atoms with van der Waals surface area (Å²) in [6.07, 6.45) is 0.498. The fourth-order valence-corrected chi connectivity index (χ4v) is 6.39. The van der Waals surface area contributed by atoms with Crippen molar-refractivity contribution in [2.24, 2.45) is 28.9 Å². The first-order valence-electron chi connectivity index (χ1n) is 18.6. The van der Waals surface area contributed by atoms with Gasteiger partial charge >= 0.3 is 12.0 Å². The molecule has 0 radical (unpaired) electrons. The van der Waals surface area contributed by atoms with Gasteiger partial charge in [0.05, 0.1) is 24.6 Å². The molecule has 0 bridgehead atoms. The molecule has 1 aromatic rings. The number of benzene rings is 1. The molecule has 6 N–H and O–H groups in total. The van der Waals surface area contributed by atoms with Crippen LogP contribution >= 0.6 is 0 Å². The fraction of sp³-hybridized carbons (Fsp3) is 0.632. The molecule has 0 aromatic heterocycles. The summed E-state index contributed by atoms with van der Waals surface area (Å²) >= 11 is 0. The molecule has 0 aliphatic carbocycles. The number of ether oxygens (including phenoxy) is 2. The number of imide groups is 1. The minimum atomic E-state index is -1.12. The number of hydrogen-bond acceptors (Lipinski definition) is 10. The predicted octanol–water partition coefficient (Wildman–Crippen LogP) is 1.44. The van der Waals surface area contributed by atoms with Gasteiger partial charge < -0.3 is 41.4 Å². The minimum Gasteiger partial charge on any atom is -0.460 e. The predicted molar refractivity (Wildman–Crippen MR) is 200 cm³/mol. The number of nitrogens with one attached hydrogen (secondary N) is 4. The van der Waals surface area contributed by atoms with Gasteiger partial charge in [0.15, 0.2) is 0 Å². The number of esters is 1. The van der Waals surface area contributed by atoms with Gasteiger partial charge in [0, 0.05) is 31.7 Å². The third kappa shape index (κ3) is 12.2. The number of likely N-dealkylation sites (tertiary alicyclic amines) is 2. The Balaban J connectivity index is 1.70. The summed E-state index contributed by atoms with van der Waals surface area (Å²) in [4.78, 5) is 106. The van der Waals surface area contributed by atoms with Gasteiger partial charge in [0.1, 0.15) is 24.7 Å². The van der Waals surface area contributed by atoms with E-state index in [1.54, 1.807) is 58.9 Å². The number of nitrogens with two attached hydrogens (primary N) is 1. The van der Waals surface area contributed by atoms with E-state index in [4.69, 9.17) is 15.2 Å². The number of primary amides is 1. The average Bonchev–Trinajstić information content (AvgIpc) is 3.56. The molecule has 2 saturated heterocycles. The molecule has 0 spiro atoms. The van der Waals surface area contributed by atoms with E-state index in [0.717, 1.165) is 4.90 Å². The second-order valence-electron chi connectivity index (χ2n) is 15.8. The van der Waals surface area contributed by atoms with E-state index in [2.05, 4.69) is 21.3 Å². The highest BCUT2D eigenvalue weighted by molar-refractivity contribution is 6.08. The lowest BCUT2D eigenvalue weighted by Gasteiger charge is -2.28. The number of carbonyl (C=O) groups excluding carboxylic acids is 8. The number of methoxy groups -OCH3 is 1. The fourth-order valence-electron chi connectivity index (χ4n) is 6.39. The molecule has 17 heteroatoms. The molecule has 1 unspecified atom stereocenters. The van der Waals surface area contributed by atoms with Crippen LogP contribution in [0.3, 0.4) is 0 Å². The Morgan fingerprint density at radius 2 is 1.60 bits per heavy atom. The van der Waals surface area contributed by atoms with Crippen molar-refractivity contribution in [2.75, 3.05) is 32.1 Å². The summed E-state index contributed by atoms with van der Waals surface area (Å²) in [5.41, 5.74) is 5.63. The van der Waals surface area contributed by atoms with Crippen LogP contribution in [0.25, 0.3) is 0 Å². The summed E-state index contributed by atoms with van der Waals surface area (Å²) in [5.74, 6) is -4.69. The maximum absolute atomic E-state index is 13.7. The zero-order chi connectivity index (χ0) is 41.2. The van der Waals surface area contributed by atoms with Gasteiger partial charge in [-0.2, -0.15) is 0 Å². The van der Waals surface area contributed by atoms with Crippen molar-refractivity contribution >= 4 is 53.1 Å². The van der Waals surface area contributed by atoms with Crippen molar-refractivity contribution in [3.8, 4) is 0 Å². The molecule has 2 aliphatic heterocycles. The van der Waals surface area contributed by atoms with E-state index in [0.29, 0.717) is 11.3 Å². The van der Waals surface area contributed by atoms with Crippen LogP contribution in [0.5, 0.6) is 0 Å². The van der Waals surface area contributed by atoms with Crippen LogP contribution < -0.4 is 27.0 Å². The summed E-state index contributed by atoms with van der Waals surface area (Å²) in [5, 5.41) is 10.6. The molecule has 2 heterocycles. The summed E-state index contributed by atoms with van der Waals surface area (Å²) in [6.45, 7) is 12.1. The minimum absolute atomic E-state index is 0.0181. The maximum atomic E-state index is 13.7. The smallest absolute Gasteiger partial charge is 0.312 e. The molecule has 3 rings (SSSR count). The molecule has 1 aromatic carbocycles. The standard InChI is InChI=1S/C38H57N7O10/c1-21(2)26-17-30(47)45(34(26)50)28-16-25(20-54-8)44(35(28)51)18-29(46)43-31(22(3)4)33(49)42-27(10-9-15-40-37(39)53)32(48)41-24-13-11-23(12-14-24)19-55-36(52)38(5,6)7/h11-14,21-22,25-28,31H,9-10,15-20H2,1-8H3,(H,41,48)(H,42,49)(H,43,46)(H3,39,40,53)/t25-,26?,27-,28-,31-/m0/s1. The Hall–Kier alpha value is -5.06. The molecule has 55 heavy (non-hydrogen) atoms. The van der Waals surface area contributed by atoms with E-state index < -0.39 is 89.4 Å². The van der Waals surface area contributed by atoms with Gasteiger partial charge in [-0.05, 0) is 69.6 Å². The lowest BCUT2D eigenvalue weighted by Crippen LogP contribution is -2.56. The second kappa shape index (κ2) is 19.5. The topological polar surface area (TPSA) is 236 Å². The van der Waals surface area contributed by atoms with Crippen molar-refractivity contribution in [1.82, 2.24) is 25.8 Å². The van der Waals surface area contributed by atoms with Crippen LogP contribution in [-0.2, 0) is 49.6 Å². The van der Waals surface area contributed by atoms with Crippen LogP contribution in [0.1, 0.15) is 79.7 Å². The quantitative estimate of drug-likeness (QED) is 0.0818. The van der Waals surface area contributed by atoms with E-state index >= 15 is 0 Å². The number of urea groups is 1. The molecule has 0 saturated carbocycles. The molecule has 2 fully saturated rings. The molecular formula is C38H57N7O10. The Morgan fingerprint density at radius 1 is 0.945 bits per heavy atom. The highest BCUT2D eigenvalue weighted by Crippen LogP contribution is 2.33. The average molecular weight is 772 g/mol. The summed E-state index contributed by atoms with van der Waals surface area (Å²) in [7, 11) is 1.44. The zero-order valence-electron chi connectivity index (χ0n) is 33.1. The molecule has 5 atom stereocenters. The summed E-state index contributed by atoms with van der Waals surface area (Å²) < 4.78 is 10.6. The summed E-state index contributed by atoms with van der Waals surface area (Å²) in [6, 6.07) is 2.01. The highest BCUT2D eigenvalue weighted by atomic mass is 16.5. The lowest BCUT2D eigenvalue weighted by molar-refractivity contribution is -0.154. The van der Waals surface area contributed by atoms with Crippen molar-refractivity contribution in [3.63, 3.8) is 0 Å². The molecular weight excluding hydrogens is 714 g/mol. The van der Waals surface area contributed by atoms with Gasteiger partial charge in [0.25, 0.3) is 0 Å². The van der Waals surface area contributed by atoms with Crippen molar-refractivity contribution in [2.45, 2.75) is 105 Å². The van der Waals surface area contributed by atoms with Gasteiger partial charge in [-0.1, -0.05) is 39.8 Å². The van der Waals surface area contributed by atoms with Crippen molar-refractivity contribution in [1.29, 1.82) is 0 Å². The van der Waals surface area contributed by atoms with Crippen molar-refractivity contribution < 1.29 is 47.8 Å². The molecule has 17 nitrogen and oxygen atoms in total. The van der Waals surface area contributed by atoms with Crippen LogP contribution in [0.4, 0.5) is 10.5 Å². The molecule has 304 valence electrons. The first-order valence-corrected chi connectivity index (χ1v) is 18.6. The van der Waals surface area contributed by atoms with Gasteiger partial charge in [-0.3, -0.25) is 38.5 Å². The maximum Gasteiger partial charge on any atom is 0.312 e. The van der Waals surface area contributed by atoms with Gasteiger partial charge in [-0.25, -0.2) is 4.79 Å². The first-order chi connectivity index (χ1) is 25.7. The number of rotatable bonds is 18. The third-order valence-electron chi connectivity index (χ3n) is 9.58. The van der Waals surface area contributed by atoms with Gasteiger partial charge in [0.2, 0.25) is 35.4 Å². The second-order valence-corrected chi connectivity index (χ2v) is 15.8. The largest absolute Gasteiger partial charge is 0.460 e. The van der Waals surface area contributed by atoms with E-state index in [1.807, 2.05) is 13.8 Å². The van der Waals surface area contributed by atoms with Gasteiger partial charge in [-0.15, -0.1) is 0 Å². The molecule has 8 amide bonds. The Morgan fingerprint density at radius 3 is 2.15 bits per heavy atom. The first kappa shape index (κ1) is 44.3. The number of carbonyl (C=O) groups is 8. The third-order valence-corrected chi connectivity index (χ3v) is 9.58. The van der Waals surface area contributed by atoms with E-state index in [1.165, 1.54) is 12.0 Å². The number of amides is 8. The number of nitrogens with zero attached hydrogens (tertiary/aromatic N) is 2. The van der Waals surface area contributed by atoms with E-state index in [9.17, 15) is 38.4 Å². The van der Waals surface area contributed by atoms with Crippen LogP contribution in [-0.4, -0.2) is 108 Å². The number of anilines is 1. The van der Waals surface area contributed by atoms with Crippen molar-refractivity contribution in [3.05, 3.63) is 29.8 Å². The highest BCUT2D eigenvalue weighted by Gasteiger charge is 2.51. The van der Waals surface area contributed by atoms with Crippen LogP contribution in [0, 0.1) is 23.2 Å². The van der Waals surface area contributed by atoms with Crippen LogP contribution in [0.2, 0.25) is 0 Å². The number of hydrogen-bond donors (Lipinski definition) is 5. The Kier molecular flexibility index (Phi) is 15.7. The SMILES string of the molecule is COC[C@@H]1C[C@H](N2C(=O)CC(C(C)C)C2=O)C(=O)N1CC(=O)N[C@H](C(=O)N[C@@H](CCCNC(N)=O)C(=O)Nc1ccc(COC(=O)C(C)(C)C)cc1)C(C)C. The molecule has 2 aliphatic rings. The zero-order valence-corrected chi connectivity index (χ0v) is 33.1. The lowest BCUT2D eigenvalue weighted by atomic mass is 9.94.